The summed E-state index contributed by atoms with van der Waals surface area (Å²) in [6, 6.07) is 13.4. The second-order valence-corrected chi connectivity index (χ2v) is 5.58. The smallest absolute Gasteiger partial charge is 0.187 e. The zero-order valence-electron chi connectivity index (χ0n) is 10.9. The number of hydrogen-bond donors (Lipinski definition) is 1. The Morgan fingerprint density at radius 2 is 1.70 bits per heavy atom. The van der Waals surface area contributed by atoms with Crippen LogP contribution in [0.3, 0.4) is 0 Å². The molecule has 0 spiro atoms. The Morgan fingerprint density at radius 1 is 1.10 bits per heavy atom. The Morgan fingerprint density at radius 3 is 2.30 bits per heavy atom. The molecule has 0 bridgehead atoms. The van der Waals surface area contributed by atoms with E-state index in [4.69, 9.17) is 0 Å². The predicted molar refractivity (Wildman–Crippen MR) is 87.3 cm³/mol. The summed E-state index contributed by atoms with van der Waals surface area (Å²) in [5.74, 6) is -0.500. The summed E-state index contributed by atoms with van der Waals surface area (Å²) < 4.78 is 13.9. The Kier molecular flexibility index (Phi) is 4.89. The van der Waals surface area contributed by atoms with Gasteiger partial charge in [-0.25, -0.2) is 4.39 Å². The largest absolute Gasteiger partial charge is 0.359 e. The van der Waals surface area contributed by atoms with E-state index in [1.165, 1.54) is 30.3 Å². The number of rotatable bonds is 4. The molecule has 0 unspecified atom stereocenters. The van der Waals surface area contributed by atoms with Crippen molar-refractivity contribution in [3.63, 3.8) is 0 Å². The van der Waals surface area contributed by atoms with Crippen molar-refractivity contribution in [1.29, 1.82) is 0 Å². The fourth-order valence-electron chi connectivity index (χ4n) is 1.69. The van der Waals surface area contributed by atoms with Gasteiger partial charge in [-0.3, -0.25) is 4.79 Å². The van der Waals surface area contributed by atoms with Crippen LogP contribution in [0.15, 0.2) is 60.3 Å². The third-order valence-electron chi connectivity index (χ3n) is 2.66. The van der Waals surface area contributed by atoms with E-state index < -0.39 is 0 Å². The van der Waals surface area contributed by atoms with Gasteiger partial charge in [0.25, 0.3) is 0 Å². The SMILES string of the molecule is CC(=CC(=O)c1ccc(F)cc1)Nc1ccc(I)cc1. The van der Waals surface area contributed by atoms with Crippen LogP contribution in [-0.4, -0.2) is 5.78 Å². The molecule has 0 aliphatic carbocycles. The van der Waals surface area contributed by atoms with Gasteiger partial charge >= 0.3 is 0 Å². The lowest BCUT2D eigenvalue weighted by molar-refractivity contribution is 0.104. The molecule has 2 rings (SSSR count). The highest BCUT2D eigenvalue weighted by Crippen LogP contribution is 2.14. The van der Waals surface area contributed by atoms with Gasteiger partial charge in [0.15, 0.2) is 5.78 Å². The second-order valence-electron chi connectivity index (χ2n) is 4.33. The average molecular weight is 381 g/mol. The first-order valence-electron chi connectivity index (χ1n) is 6.05. The predicted octanol–water partition coefficient (Wildman–Crippen LogP) is 4.63. The van der Waals surface area contributed by atoms with Crippen LogP contribution < -0.4 is 5.32 Å². The standard InChI is InChI=1S/C16H13FINO/c1-11(19-15-8-6-14(18)7-9-15)10-16(20)12-2-4-13(17)5-3-12/h2-10,19H,1H3. The van der Waals surface area contributed by atoms with E-state index >= 15 is 0 Å². The molecule has 0 fully saturated rings. The van der Waals surface area contributed by atoms with Crippen molar-refractivity contribution >= 4 is 34.1 Å². The maximum Gasteiger partial charge on any atom is 0.187 e. The van der Waals surface area contributed by atoms with E-state index in [0.29, 0.717) is 5.56 Å². The van der Waals surface area contributed by atoms with Crippen molar-refractivity contribution in [2.45, 2.75) is 6.92 Å². The molecule has 2 nitrogen and oxygen atoms in total. The quantitative estimate of drug-likeness (QED) is 0.476. The third-order valence-corrected chi connectivity index (χ3v) is 3.38. The zero-order valence-corrected chi connectivity index (χ0v) is 13.0. The Balaban J connectivity index is 2.07. The van der Waals surface area contributed by atoms with E-state index in [1.807, 2.05) is 31.2 Å². The Bertz CT molecular complexity index is 633. The fourth-order valence-corrected chi connectivity index (χ4v) is 2.05. The number of anilines is 1. The van der Waals surface area contributed by atoms with E-state index in [1.54, 1.807) is 0 Å². The number of hydrogen-bond acceptors (Lipinski definition) is 2. The molecule has 20 heavy (non-hydrogen) atoms. The summed E-state index contributed by atoms with van der Waals surface area (Å²) in [6.07, 6.45) is 1.51. The normalized spacial score (nSPS) is 11.2. The fraction of sp³-hybridized carbons (Fsp3) is 0.0625. The lowest BCUT2D eigenvalue weighted by Crippen LogP contribution is -2.01. The van der Waals surface area contributed by atoms with E-state index in [-0.39, 0.29) is 11.6 Å². The minimum Gasteiger partial charge on any atom is -0.359 e. The number of halogens is 2. The van der Waals surface area contributed by atoms with Gasteiger partial charge in [-0.2, -0.15) is 0 Å². The maximum atomic E-state index is 12.8. The number of carbonyl (C=O) groups excluding carboxylic acids is 1. The molecule has 2 aromatic rings. The van der Waals surface area contributed by atoms with Crippen molar-refractivity contribution in [2.24, 2.45) is 0 Å². The molecule has 1 N–H and O–H groups in total. The molecule has 0 heterocycles. The van der Waals surface area contributed by atoms with Crippen molar-refractivity contribution in [3.8, 4) is 0 Å². The Labute approximate surface area is 130 Å². The molecule has 2 aromatic carbocycles. The van der Waals surface area contributed by atoms with Crippen molar-refractivity contribution in [2.75, 3.05) is 5.32 Å². The van der Waals surface area contributed by atoms with Gasteiger partial charge in [-0.1, -0.05) is 0 Å². The van der Waals surface area contributed by atoms with E-state index in [2.05, 4.69) is 27.9 Å². The summed E-state index contributed by atoms with van der Waals surface area (Å²) in [5, 5.41) is 3.14. The molecule has 0 aliphatic heterocycles. The molecule has 0 saturated heterocycles. The van der Waals surface area contributed by atoms with E-state index in [9.17, 15) is 9.18 Å². The highest BCUT2D eigenvalue weighted by Gasteiger charge is 2.03. The molecule has 0 radical (unpaired) electrons. The van der Waals surface area contributed by atoms with Gasteiger partial charge in [0, 0.05) is 26.6 Å². The zero-order chi connectivity index (χ0) is 14.5. The van der Waals surface area contributed by atoms with Crippen LogP contribution in [0.5, 0.6) is 0 Å². The highest BCUT2D eigenvalue weighted by molar-refractivity contribution is 14.1. The number of allylic oxidation sites excluding steroid dienone is 2. The van der Waals surface area contributed by atoms with Crippen LogP contribution in [0.2, 0.25) is 0 Å². The van der Waals surface area contributed by atoms with Gasteiger partial charge in [0.1, 0.15) is 5.82 Å². The van der Waals surface area contributed by atoms with E-state index in [0.717, 1.165) is 15.0 Å². The molecule has 0 aliphatic rings. The van der Waals surface area contributed by atoms with Gasteiger partial charge in [0.2, 0.25) is 0 Å². The average Bonchev–Trinajstić information content (AvgIpc) is 2.42. The first-order valence-corrected chi connectivity index (χ1v) is 7.13. The maximum absolute atomic E-state index is 12.8. The van der Waals surface area contributed by atoms with Crippen LogP contribution in [0, 0.1) is 9.39 Å². The summed E-state index contributed by atoms with van der Waals surface area (Å²) in [6.45, 7) is 1.82. The minimum atomic E-state index is -0.348. The van der Waals surface area contributed by atoms with Crippen LogP contribution in [-0.2, 0) is 0 Å². The first-order chi connectivity index (χ1) is 9.54. The molecule has 0 aromatic heterocycles. The van der Waals surface area contributed by atoms with Gasteiger partial charge in [-0.15, -0.1) is 0 Å². The number of carbonyl (C=O) groups is 1. The number of benzene rings is 2. The molecule has 102 valence electrons. The molecule has 0 saturated carbocycles. The molecule has 4 heteroatoms. The summed E-state index contributed by atoms with van der Waals surface area (Å²) in [5.41, 5.74) is 2.13. The summed E-state index contributed by atoms with van der Waals surface area (Å²) >= 11 is 2.23. The Hall–Kier alpha value is -1.69. The van der Waals surface area contributed by atoms with Gasteiger partial charge in [-0.05, 0) is 78.0 Å². The van der Waals surface area contributed by atoms with Crippen molar-refractivity contribution < 1.29 is 9.18 Å². The topological polar surface area (TPSA) is 29.1 Å². The first kappa shape index (κ1) is 14.7. The van der Waals surface area contributed by atoms with Gasteiger partial charge < -0.3 is 5.32 Å². The molecule has 0 atom stereocenters. The number of nitrogens with one attached hydrogen (secondary N) is 1. The van der Waals surface area contributed by atoms with Crippen molar-refractivity contribution in [3.05, 3.63) is 75.3 Å². The summed E-state index contributed by atoms with van der Waals surface area (Å²) in [4.78, 5) is 12.0. The van der Waals surface area contributed by atoms with Crippen LogP contribution >= 0.6 is 22.6 Å². The van der Waals surface area contributed by atoms with Crippen molar-refractivity contribution in [1.82, 2.24) is 0 Å². The molecular formula is C16H13FINO. The van der Waals surface area contributed by atoms with Crippen LogP contribution in [0.25, 0.3) is 0 Å². The monoisotopic (exact) mass is 381 g/mol. The van der Waals surface area contributed by atoms with Crippen LogP contribution in [0.1, 0.15) is 17.3 Å². The highest BCUT2D eigenvalue weighted by atomic mass is 127. The minimum absolute atomic E-state index is 0.152. The molecule has 0 amide bonds. The second kappa shape index (κ2) is 6.65. The molecular weight excluding hydrogens is 368 g/mol. The summed E-state index contributed by atoms with van der Waals surface area (Å²) in [7, 11) is 0. The lowest BCUT2D eigenvalue weighted by Gasteiger charge is -2.06. The number of ketones is 1. The lowest BCUT2D eigenvalue weighted by atomic mass is 10.1. The third kappa shape index (κ3) is 4.16. The van der Waals surface area contributed by atoms with Gasteiger partial charge in [0.05, 0.1) is 0 Å². The van der Waals surface area contributed by atoms with Crippen LogP contribution in [0.4, 0.5) is 10.1 Å².